The number of carboxylic acid groups (broad SMARTS) is 1. The zero-order valence-corrected chi connectivity index (χ0v) is 17.3. The Morgan fingerprint density at radius 2 is 2.03 bits per heavy atom. The lowest BCUT2D eigenvalue weighted by atomic mass is 10.0. The van der Waals surface area contributed by atoms with E-state index in [9.17, 15) is 24.8 Å². The highest BCUT2D eigenvalue weighted by Crippen LogP contribution is 2.34. The molecule has 166 valence electrons. The number of benzene rings is 2. The summed E-state index contributed by atoms with van der Waals surface area (Å²) in [4.78, 5) is 38.4. The Hall–Kier alpha value is -4.25. The molecule has 0 unspecified atom stereocenters. The molecule has 3 aromatic rings. The summed E-state index contributed by atoms with van der Waals surface area (Å²) in [5.41, 5.74) is 1.02. The zero-order valence-electron chi connectivity index (χ0n) is 17.3. The van der Waals surface area contributed by atoms with E-state index in [-0.39, 0.29) is 41.2 Å². The van der Waals surface area contributed by atoms with Gasteiger partial charge in [-0.25, -0.2) is 14.6 Å². The van der Waals surface area contributed by atoms with E-state index < -0.39 is 16.9 Å². The maximum absolute atomic E-state index is 11.8. The lowest BCUT2D eigenvalue weighted by molar-refractivity contribution is -0.384. The van der Waals surface area contributed by atoms with Crippen LogP contribution in [0.4, 0.5) is 17.1 Å². The maximum Gasteiger partial charge on any atom is 0.358 e. The number of hydrogen-bond acceptors (Lipinski definition) is 8. The highest BCUT2D eigenvalue weighted by atomic mass is 16.6. The van der Waals surface area contributed by atoms with Gasteiger partial charge in [0.25, 0.3) is 5.69 Å². The average Bonchev–Trinajstić information content (AvgIpc) is 3.27. The Labute approximate surface area is 182 Å². The largest absolute Gasteiger partial charge is 0.478 e. The van der Waals surface area contributed by atoms with Gasteiger partial charge in [-0.15, -0.1) is 0 Å². The molecule has 0 aliphatic heterocycles. The number of rotatable bonds is 9. The molecule has 0 aliphatic carbocycles. The molecule has 0 spiro atoms. The minimum absolute atomic E-state index is 0.0648. The van der Waals surface area contributed by atoms with Gasteiger partial charge in [-0.3, -0.25) is 10.1 Å². The number of methoxy groups -OCH3 is 2. The third-order valence-corrected chi connectivity index (χ3v) is 4.65. The number of esters is 1. The Balaban J connectivity index is 1.99. The molecule has 0 bridgehead atoms. The first-order valence-corrected chi connectivity index (χ1v) is 9.38. The maximum atomic E-state index is 11.8. The van der Waals surface area contributed by atoms with Crippen molar-refractivity contribution in [3.63, 3.8) is 0 Å². The van der Waals surface area contributed by atoms with Gasteiger partial charge in [0.1, 0.15) is 12.0 Å². The predicted molar refractivity (Wildman–Crippen MR) is 114 cm³/mol. The van der Waals surface area contributed by atoms with Crippen LogP contribution in [-0.4, -0.2) is 52.3 Å². The van der Waals surface area contributed by atoms with Crippen molar-refractivity contribution in [2.75, 3.05) is 26.1 Å². The van der Waals surface area contributed by atoms with Crippen molar-refractivity contribution in [3.05, 3.63) is 75.9 Å². The fourth-order valence-electron chi connectivity index (χ4n) is 3.18. The number of imidazole rings is 1. The number of nitro benzene ring substituents is 1. The molecule has 0 atom stereocenters. The molecule has 1 aromatic heterocycles. The zero-order chi connectivity index (χ0) is 23.3. The summed E-state index contributed by atoms with van der Waals surface area (Å²) in [5.74, 6) is -1.83. The number of nitrogens with one attached hydrogen (secondary N) is 1. The summed E-state index contributed by atoms with van der Waals surface area (Å²) in [7, 11) is 2.69. The van der Waals surface area contributed by atoms with Gasteiger partial charge >= 0.3 is 11.9 Å². The van der Waals surface area contributed by atoms with Crippen LogP contribution < -0.4 is 5.32 Å². The third-order valence-electron chi connectivity index (χ3n) is 4.65. The fraction of sp³-hybridized carbons (Fsp3) is 0.190. The van der Waals surface area contributed by atoms with E-state index in [1.807, 2.05) is 0 Å². The second-order valence-electron chi connectivity index (χ2n) is 6.63. The molecule has 0 aliphatic rings. The second kappa shape index (κ2) is 9.71. The number of nitro groups is 1. The SMILES string of the molecule is COCCc1c(C(=O)O)ccc(Nc2cccc(-n3cnc(C(=O)OC)c3)c2)c1[N+](=O)[O-]. The number of carboxylic acids is 1. The van der Waals surface area contributed by atoms with Crippen molar-refractivity contribution >= 4 is 29.0 Å². The van der Waals surface area contributed by atoms with Gasteiger partial charge in [0.15, 0.2) is 5.69 Å². The summed E-state index contributed by atoms with van der Waals surface area (Å²) >= 11 is 0. The minimum Gasteiger partial charge on any atom is -0.478 e. The number of carbonyl (C=O) groups is 2. The fourth-order valence-corrected chi connectivity index (χ4v) is 3.18. The van der Waals surface area contributed by atoms with Gasteiger partial charge < -0.3 is 24.5 Å². The second-order valence-corrected chi connectivity index (χ2v) is 6.63. The Morgan fingerprint density at radius 3 is 2.69 bits per heavy atom. The van der Waals surface area contributed by atoms with E-state index in [1.54, 1.807) is 28.8 Å². The highest BCUT2D eigenvalue weighted by molar-refractivity contribution is 5.93. The van der Waals surface area contributed by atoms with Crippen LogP contribution in [0, 0.1) is 10.1 Å². The van der Waals surface area contributed by atoms with Crippen molar-refractivity contribution in [2.45, 2.75) is 6.42 Å². The van der Waals surface area contributed by atoms with Crippen LogP contribution in [-0.2, 0) is 15.9 Å². The summed E-state index contributed by atoms with van der Waals surface area (Å²) in [6.07, 6.45) is 3.01. The standard InChI is InChI=1S/C21H20N4O7/c1-31-9-8-15-16(20(26)27)6-7-17(19(15)25(29)30)23-13-4-3-5-14(10-13)24-11-18(22-12-24)21(28)32-2/h3-7,10-12,23H,8-9H2,1-2H3,(H,26,27). The van der Waals surface area contributed by atoms with Crippen LogP contribution in [0.25, 0.3) is 5.69 Å². The van der Waals surface area contributed by atoms with Gasteiger partial charge in [0.2, 0.25) is 0 Å². The molecule has 0 fully saturated rings. The first kappa shape index (κ1) is 22.4. The lowest BCUT2D eigenvalue weighted by Crippen LogP contribution is -2.10. The number of ether oxygens (including phenoxy) is 2. The van der Waals surface area contributed by atoms with Crippen LogP contribution in [0.1, 0.15) is 26.4 Å². The van der Waals surface area contributed by atoms with Crippen molar-refractivity contribution in [1.29, 1.82) is 0 Å². The van der Waals surface area contributed by atoms with Crippen LogP contribution in [0.5, 0.6) is 0 Å². The number of hydrogen-bond donors (Lipinski definition) is 2. The predicted octanol–water partition coefficient (Wildman–Crippen LogP) is 3.20. The first-order valence-electron chi connectivity index (χ1n) is 9.38. The van der Waals surface area contributed by atoms with Crippen LogP contribution >= 0.6 is 0 Å². The van der Waals surface area contributed by atoms with E-state index in [1.165, 1.54) is 38.9 Å². The Kier molecular flexibility index (Phi) is 6.80. The molecule has 0 amide bonds. The van der Waals surface area contributed by atoms with Crippen molar-refractivity contribution in [1.82, 2.24) is 9.55 Å². The van der Waals surface area contributed by atoms with Crippen LogP contribution in [0.3, 0.4) is 0 Å². The number of aromatic carboxylic acids is 1. The molecule has 2 N–H and O–H groups in total. The van der Waals surface area contributed by atoms with Gasteiger partial charge in [-0.05, 0) is 30.3 Å². The summed E-state index contributed by atoms with van der Waals surface area (Å²) < 4.78 is 11.2. The normalized spacial score (nSPS) is 10.6. The van der Waals surface area contributed by atoms with Crippen molar-refractivity contribution < 1.29 is 29.1 Å². The van der Waals surface area contributed by atoms with Crippen molar-refractivity contribution in [2.24, 2.45) is 0 Å². The number of aromatic nitrogens is 2. The molecule has 3 rings (SSSR count). The topological polar surface area (TPSA) is 146 Å². The van der Waals surface area contributed by atoms with E-state index in [0.717, 1.165) is 0 Å². The summed E-state index contributed by atoms with van der Waals surface area (Å²) in [6.45, 7) is 0.128. The molecule has 0 radical (unpaired) electrons. The van der Waals surface area contributed by atoms with Gasteiger partial charge in [-0.1, -0.05) is 6.07 Å². The molecule has 2 aromatic carbocycles. The van der Waals surface area contributed by atoms with Crippen LogP contribution in [0.2, 0.25) is 0 Å². The smallest absolute Gasteiger partial charge is 0.358 e. The number of carbonyl (C=O) groups excluding carboxylic acids is 1. The van der Waals surface area contributed by atoms with Crippen LogP contribution in [0.15, 0.2) is 48.9 Å². The van der Waals surface area contributed by atoms with E-state index >= 15 is 0 Å². The molecule has 0 saturated heterocycles. The van der Waals surface area contributed by atoms with Gasteiger partial charge in [0, 0.05) is 36.7 Å². The summed E-state index contributed by atoms with van der Waals surface area (Å²) in [6, 6.07) is 9.57. The number of anilines is 2. The number of nitrogens with zero attached hydrogens (tertiary/aromatic N) is 3. The monoisotopic (exact) mass is 440 g/mol. The molecule has 1 heterocycles. The molecular formula is C21H20N4O7. The van der Waals surface area contributed by atoms with E-state index in [4.69, 9.17) is 4.74 Å². The minimum atomic E-state index is -1.26. The van der Waals surface area contributed by atoms with Gasteiger partial charge in [-0.2, -0.15) is 0 Å². The Bertz CT molecular complexity index is 1170. The van der Waals surface area contributed by atoms with Gasteiger partial charge in [0.05, 0.1) is 24.2 Å². The van der Waals surface area contributed by atoms with E-state index in [2.05, 4.69) is 15.0 Å². The molecule has 0 saturated carbocycles. The quantitative estimate of drug-likeness (QED) is 0.291. The Morgan fingerprint density at radius 1 is 1.25 bits per heavy atom. The molecule has 11 nitrogen and oxygen atoms in total. The first-order chi connectivity index (χ1) is 15.3. The third kappa shape index (κ3) is 4.73. The van der Waals surface area contributed by atoms with Crippen molar-refractivity contribution in [3.8, 4) is 5.69 Å². The molecular weight excluding hydrogens is 420 g/mol. The highest BCUT2D eigenvalue weighted by Gasteiger charge is 2.26. The molecule has 11 heteroatoms. The molecule has 32 heavy (non-hydrogen) atoms. The van der Waals surface area contributed by atoms with E-state index in [0.29, 0.717) is 11.4 Å². The summed E-state index contributed by atoms with van der Waals surface area (Å²) in [5, 5.41) is 24.3. The average molecular weight is 440 g/mol. The lowest BCUT2D eigenvalue weighted by Gasteiger charge is -2.13.